The van der Waals surface area contributed by atoms with Crippen molar-refractivity contribution in [3.8, 4) is 11.8 Å². The first-order valence-corrected chi connectivity index (χ1v) is 9.72. The number of nitrogens with zero attached hydrogens (tertiary/aromatic N) is 2. The molecule has 1 amide bonds. The summed E-state index contributed by atoms with van der Waals surface area (Å²) < 4.78 is 0. The lowest BCUT2D eigenvalue weighted by molar-refractivity contribution is -0.114. The molecule has 0 radical (unpaired) electrons. The van der Waals surface area contributed by atoms with Crippen LogP contribution >= 0.6 is 11.6 Å². The lowest BCUT2D eigenvalue weighted by Crippen LogP contribution is -2.36. The summed E-state index contributed by atoms with van der Waals surface area (Å²) in [5, 5.41) is 0.542. The second-order valence-corrected chi connectivity index (χ2v) is 7.31. The van der Waals surface area contributed by atoms with Crippen LogP contribution in [0.3, 0.4) is 0 Å². The Morgan fingerprint density at radius 3 is 2.63 bits per heavy atom. The summed E-state index contributed by atoms with van der Waals surface area (Å²) in [6.45, 7) is 0. The van der Waals surface area contributed by atoms with Crippen molar-refractivity contribution in [2.45, 2.75) is 6.42 Å². The minimum Gasteiger partial charge on any atom is -0.311 e. The topological polar surface area (TPSA) is 50.3 Å². The largest absolute Gasteiger partial charge is 0.311 e. The molecule has 2 aromatic carbocycles. The molecular weight excluding hydrogens is 396 g/mol. The van der Waals surface area contributed by atoms with Crippen LogP contribution in [0.4, 0.5) is 5.69 Å². The van der Waals surface area contributed by atoms with Crippen molar-refractivity contribution in [2.24, 2.45) is 0 Å². The Bertz CT molecular complexity index is 1240. The number of hydrogen-bond donors (Lipinski definition) is 0. The molecule has 4 rings (SSSR count). The summed E-state index contributed by atoms with van der Waals surface area (Å²) >= 11 is 6.03. The Morgan fingerprint density at radius 2 is 1.87 bits per heavy atom. The third-order valence-corrected chi connectivity index (χ3v) is 5.05. The second-order valence-electron chi connectivity index (χ2n) is 6.87. The van der Waals surface area contributed by atoms with E-state index in [2.05, 4.69) is 16.8 Å². The molecule has 0 unspecified atom stereocenters. The van der Waals surface area contributed by atoms with Gasteiger partial charge < -0.3 is 4.90 Å². The van der Waals surface area contributed by atoms with Crippen molar-refractivity contribution < 1.29 is 9.59 Å². The molecule has 4 nitrogen and oxygen atoms in total. The van der Waals surface area contributed by atoms with Crippen LogP contribution in [-0.4, -0.2) is 23.7 Å². The maximum absolute atomic E-state index is 13.1. The second kappa shape index (κ2) is 8.36. The van der Waals surface area contributed by atoms with E-state index in [0.717, 1.165) is 11.1 Å². The molecule has 1 aliphatic rings. The average Bonchev–Trinajstić information content (AvgIpc) is 2.76. The third-order valence-electron chi connectivity index (χ3n) is 4.82. The normalized spacial score (nSPS) is 14.3. The fourth-order valence-corrected chi connectivity index (χ4v) is 3.46. The molecule has 0 bridgehead atoms. The zero-order chi connectivity index (χ0) is 21.1. The summed E-state index contributed by atoms with van der Waals surface area (Å²) in [7, 11) is 1.66. The van der Waals surface area contributed by atoms with Gasteiger partial charge in [0.05, 0.1) is 11.3 Å². The standard InChI is InChI=1S/C25H17ClN2O2/c1-28-23-9-8-18(5-2-4-17-10-12-27-13-11-17)15-21(23)24(29)22(25(28)30)16-19-6-3-7-20(26)14-19/h3,6-16H,4H2,1H3/b22-16-. The van der Waals surface area contributed by atoms with Gasteiger partial charge in [-0.05, 0) is 59.7 Å². The number of pyridine rings is 1. The van der Waals surface area contributed by atoms with E-state index in [9.17, 15) is 9.59 Å². The fraction of sp³-hybridized carbons (Fsp3) is 0.0800. The highest BCUT2D eigenvalue weighted by atomic mass is 35.5. The molecule has 0 saturated carbocycles. The van der Waals surface area contributed by atoms with Crippen LogP contribution in [0.1, 0.15) is 27.0 Å². The number of amides is 1. The number of fused-ring (bicyclic) bond motifs is 1. The maximum Gasteiger partial charge on any atom is 0.262 e. The van der Waals surface area contributed by atoms with Crippen LogP contribution in [0, 0.1) is 11.8 Å². The number of carbonyl (C=O) groups is 2. The van der Waals surface area contributed by atoms with E-state index < -0.39 is 0 Å². The Kier molecular flexibility index (Phi) is 5.47. The van der Waals surface area contributed by atoms with Gasteiger partial charge in [-0.1, -0.05) is 35.6 Å². The molecule has 0 spiro atoms. The van der Waals surface area contributed by atoms with Crippen molar-refractivity contribution >= 4 is 35.1 Å². The molecule has 1 aliphatic heterocycles. The highest BCUT2D eigenvalue weighted by Crippen LogP contribution is 2.31. The lowest BCUT2D eigenvalue weighted by Gasteiger charge is -2.26. The lowest BCUT2D eigenvalue weighted by atomic mass is 9.92. The van der Waals surface area contributed by atoms with Crippen molar-refractivity contribution in [3.05, 3.63) is 99.8 Å². The summed E-state index contributed by atoms with van der Waals surface area (Å²) in [6, 6.07) is 16.2. The van der Waals surface area contributed by atoms with Crippen LogP contribution < -0.4 is 4.90 Å². The van der Waals surface area contributed by atoms with Gasteiger partial charge in [0.2, 0.25) is 5.78 Å². The van der Waals surface area contributed by atoms with Crippen molar-refractivity contribution in [3.63, 3.8) is 0 Å². The molecule has 3 aromatic rings. The van der Waals surface area contributed by atoms with Gasteiger partial charge in [-0.3, -0.25) is 14.6 Å². The number of carbonyl (C=O) groups excluding carboxylic acids is 2. The molecule has 1 aromatic heterocycles. The van der Waals surface area contributed by atoms with Crippen molar-refractivity contribution in [1.82, 2.24) is 4.98 Å². The number of aromatic nitrogens is 1. The first-order chi connectivity index (χ1) is 14.5. The van der Waals surface area contributed by atoms with Crippen LogP contribution in [0.5, 0.6) is 0 Å². The van der Waals surface area contributed by atoms with E-state index in [1.165, 1.54) is 4.90 Å². The smallest absolute Gasteiger partial charge is 0.262 e. The van der Waals surface area contributed by atoms with Gasteiger partial charge in [-0.15, -0.1) is 0 Å². The van der Waals surface area contributed by atoms with E-state index in [1.807, 2.05) is 18.2 Å². The zero-order valence-corrected chi connectivity index (χ0v) is 17.0. The minimum absolute atomic E-state index is 0.106. The predicted octanol–water partition coefficient (Wildman–Crippen LogP) is 4.57. The Hall–Kier alpha value is -3.68. The number of hydrogen-bond acceptors (Lipinski definition) is 3. The molecule has 0 saturated heterocycles. The summed E-state index contributed by atoms with van der Waals surface area (Å²) in [5.74, 6) is 5.56. The van der Waals surface area contributed by atoms with E-state index in [-0.39, 0.29) is 17.3 Å². The van der Waals surface area contributed by atoms with Crippen LogP contribution in [0.25, 0.3) is 6.08 Å². The van der Waals surface area contributed by atoms with Gasteiger partial charge >= 0.3 is 0 Å². The van der Waals surface area contributed by atoms with E-state index in [0.29, 0.717) is 28.3 Å². The molecule has 0 aliphatic carbocycles. The number of halogens is 1. The molecule has 0 fully saturated rings. The van der Waals surface area contributed by atoms with Gasteiger partial charge in [0.25, 0.3) is 5.91 Å². The van der Waals surface area contributed by atoms with Crippen molar-refractivity contribution in [2.75, 3.05) is 11.9 Å². The van der Waals surface area contributed by atoms with Gasteiger partial charge in [-0.2, -0.15) is 0 Å². The Labute approximate surface area is 179 Å². The molecule has 30 heavy (non-hydrogen) atoms. The molecule has 5 heteroatoms. The number of benzene rings is 2. The number of rotatable bonds is 2. The summed E-state index contributed by atoms with van der Waals surface area (Å²) in [6.07, 6.45) is 5.63. The molecule has 146 valence electrons. The third kappa shape index (κ3) is 4.03. The monoisotopic (exact) mass is 412 g/mol. The van der Waals surface area contributed by atoms with Gasteiger partial charge in [-0.25, -0.2) is 0 Å². The molecular formula is C25H17ClN2O2. The number of anilines is 1. The summed E-state index contributed by atoms with van der Waals surface area (Å²) in [5.41, 5.74) is 3.64. The Balaban J connectivity index is 1.67. The van der Waals surface area contributed by atoms with E-state index in [1.54, 1.807) is 61.9 Å². The van der Waals surface area contributed by atoms with E-state index >= 15 is 0 Å². The van der Waals surface area contributed by atoms with Gasteiger partial charge in [0.1, 0.15) is 0 Å². The van der Waals surface area contributed by atoms with Crippen LogP contribution in [0.2, 0.25) is 5.02 Å². The minimum atomic E-state index is -0.344. The maximum atomic E-state index is 13.1. The highest BCUT2D eigenvalue weighted by Gasteiger charge is 2.32. The number of likely N-dealkylation sites (N-methyl/N-ethyl adjacent to an activating group) is 1. The van der Waals surface area contributed by atoms with Crippen LogP contribution in [-0.2, 0) is 11.2 Å². The first-order valence-electron chi connectivity index (χ1n) is 9.35. The van der Waals surface area contributed by atoms with Crippen molar-refractivity contribution in [1.29, 1.82) is 0 Å². The SMILES string of the molecule is CN1C(=O)/C(=C\c2cccc(Cl)c2)C(=O)c2cc(C#CCc3ccncc3)ccc21. The molecule has 2 heterocycles. The number of ketones is 1. The first kappa shape index (κ1) is 19.6. The fourth-order valence-electron chi connectivity index (χ4n) is 3.26. The Morgan fingerprint density at radius 1 is 1.07 bits per heavy atom. The van der Waals surface area contributed by atoms with E-state index in [4.69, 9.17) is 11.6 Å². The quantitative estimate of drug-likeness (QED) is 0.352. The van der Waals surface area contributed by atoms with Gasteiger partial charge in [0.15, 0.2) is 0 Å². The zero-order valence-electron chi connectivity index (χ0n) is 16.2. The average molecular weight is 413 g/mol. The summed E-state index contributed by atoms with van der Waals surface area (Å²) in [4.78, 5) is 31.4. The molecule has 0 atom stereocenters. The van der Waals surface area contributed by atoms with Crippen LogP contribution in [0.15, 0.2) is 72.6 Å². The predicted molar refractivity (Wildman–Crippen MR) is 118 cm³/mol. The van der Waals surface area contributed by atoms with Gasteiger partial charge in [0, 0.05) is 42.0 Å². The molecule has 0 N–H and O–H groups in total. The highest BCUT2D eigenvalue weighted by molar-refractivity contribution is 6.36. The number of Topliss-reactive ketones (excluding diaryl/α,β-unsaturated/α-hetero) is 1.